The summed E-state index contributed by atoms with van der Waals surface area (Å²) in [4.78, 5) is 11.0. The summed E-state index contributed by atoms with van der Waals surface area (Å²) in [6.45, 7) is 1.95. The molecule has 0 radical (unpaired) electrons. The topological polar surface area (TPSA) is 116 Å². The molecular weight excluding hydrogens is 300 g/mol. The van der Waals surface area contributed by atoms with Crippen molar-refractivity contribution in [3.63, 3.8) is 0 Å². The summed E-state index contributed by atoms with van der Waals surface area (Å²) in [5.74, 6) is -1.66. The van der Waals surface area contributed by atoms with Crippen molar-refractivity contribution in [1.82, 2.24) is 9.03 Å². The third-order valence-corrected chi connectivity index (χ3v) is 5.07. The highest BCUT2D eigenvalue weighted by Crippen LogP contribution is 2.19. The van der Waals surface area contributed by atoms with Crippen LogP contribution in [0.15, 0.2) is 0 Å². The van der Waals surface area contributed by atoms with Gasteiger partial charge in [-0.25, -0.2) is 0 Å². The van der Waals surface area contributed by atoms with Crippen LogP contribution in [-0.4, -0.2) is 67.9 Å². The molecule has 1 aliphatic rings. The lowest BCUT2D eigenvalue weighted by molar-refractivity contribution is -0.142. The molecule has 0 aliphatic carbocycles. The number of carboxylic acid groups (broad SMARTS) is 1. The SMILES string of the molecule is COCCC(C)(O)CNS(=O)(=O)N1CCCC(C(=O)O)C1. The minimum atomic E-state index is -3.79. The first-order chi connectivity index (χ1) is 9.68. The second kappa shape index (κ2) is 7.50. The molecule has 21 heavy (non-hydrogen) atoms. The molecule has 2 atom stereocenters. The van der Waals surface area contributed by atoms with Gasteiger partial charge in [-0.1, -0.05) is 0 Å². The summed E-state index contributed by atoms with van der Waals surface area (Å²) in [5.41, 5.74) is -1.22. The number of aliphatic hydroxyl groups is 1. The van der Waals surface area contributed by atoms with E-state index in [4.69, 9.17) is 9.84 Å². The Morgan fingerprint density at radius 3 is 2.76 bits per heavy atom. The van der Waals surface area contributed by atoms with Gasteiger partial charge in [0.05, 0.1) is 11.5 Å². The summed E-state index contributed by atoms with van der Waals surface area (Å²) < 4.78 is 32.6. The molecule has 0 aromatic carbocycles. The number of piperidine rings is 1. The smallest absolute Gasteiger partial charge is 0.307 e. The molecule has 2 unspecified atom stereocenters. The van der Waals surface area contributed by atoms with Crippen LogP contribution in [0.5, 0.6) is 0 Å². The molecule has 1 aliphatic heterocycles. The maximum absolute atomic E-state index is 12.2. The van der Waals surface area contributed by atoms with Crippen LogP contribution in [0, 0.1) is 5.92 Å². The summed E-state index contributed by atoms with van der Waals surface area (Å²) in [6.07, 6.45) is 1.29. The van der Waals surface area contributed by atoms with Crippen molar-refractivity contribution in [3.8, 4) is 0 Å². The van der Waals surface area contributed by atoms with E-state index in [1.165, 1.54) is 14.0 Å². The summed E-state index contributed by atoms with van der Waals surface area (Å²) >= 11 is 0. The molecule has 0 bridgehead atoms. The van der Waals surface area contributed by atoms with Gasteiger partial charge in [-0.3, -0.25) is 4.79 Å². The highest BCUT2D eigenvalue weighted by atomic mass is 32.2. The second-order valence-electron chi connectivity index (χ2n) is 5.60. The minimum Gasteiger partial charge on any atom is -0.481 e. The van der Waals surface area contributed by atoms with Crippen LogP contribution in [0.1, 0.15) is 26.2 Å². The number of nitrogens with one attached hydrogen (secondary N) is 1. The average Bonchev–Trinajstić information content (AvgIpc) is 2.43. The van der Waals surface area contributed by atoms with E-state index in [9.17, 15) is 18.3 Å². The fraction of sp³-hybridized carbons (Fsp3) is 0.917. The summed E-state index contributed by atoms with van der Waals surface area (Å²) in [6, 6.07) is 0. The van der Waals surface area contributed by atoms with Gasteiger partial charge in [0.1, 0.15) is 0 Å². The molecule has 0 spiro atoms. The van der Waals surface area contributed by atoms with Crippen LogP contribution in [0.25, 0.3) is 0 Å². The normalized spacial score (nSPS) is 23.7. The van der Waals surface area contributed by atoms with Crippen LogP contribution >= 0.6 is 0 Å². The highest BCUT2D eigenvalue weighted by Gasteiger charge is 2.33. The maximum atomic E-state index is 12.2. The minimum absolute atomic E-state index is 0.0368. The Morgan fingerprint density at radius 1 is 1.52 bits per heavy atom. The molecule has 1 fully saturated rings. The highest BCUT2D eigenvalue weighted by molar-refractivity contribution is 7.87. The molecule has 3 N–H and O–H groups in total. The molecule has 0 aromatic rings. The van der Waals surface area contributed by atoms with Gasteiger partial charge in [-0.05, 0) is 19.8 Å². The van der Waals surface area contributed by atoms with E-state index < -0.39 is 27.7 Å². The molecule has 1 saturated heterocycles. The fourth-order valence-electron chi connectivity index (χ4n) is 2.11. The predicted octanol–water partition coefficient (Wildman–Crippen LogP) is -0.595. The van der Waals surface area contributed by atoms with Gasteiger partial charge < -0.3 is 14.9 Å². The molecule has 1 rings (SSSR count). The molecule has 0 saturated carbocycles. The number of aliphatic carboxylic acids is 1. The molecule has 8 nitrogen and oxygen atoms in total. The van der Waals surface area contributed by atoms with Gasteiger partial charge in [0.25, 0.3) is 10.2 Å². The van der Waals surface area contributed by atoms with Crippen molar-refractivity contribution in [3.05, 3.63) is 0 Å². The Bertz CT molecular complexity index is 451. The molecule has 1 heterocycles. The number of methoxy groups -OCH3 is 1. The van der Waals surface area contributed by atoms with Crippen molar-refractivity contribution < 1.29 is 28.2 Å². The van der Waals surface area contributed by atoms with E-state index in [1.807, 2.05) is 0 Å². The Balaban J connectivity index is 2.58. The number of rotatable bonds is 8. The molecule has 0 aromatic heterocycles. The van der Waals surface area contributed by atoms with Gasteiger partial charge in [0, 0.05) is 39.8 Å². The maximum Gasteiger partial charge on any atom is 0.307 e. The summed E-state index contributed by atoms with van der Waals surface area (Å²) in [5, 5.41) is 19.0. The second-order valence-corrected chi connectivity index (χ2v) is 7.36. The van der Waals surface area contributed by atoms with Crippen molar-refractivity contribution in [2.24, 2.45) is 5.92 Å². The quantitative estimate of drug-likeness (QED) is 0.549. The number of carboxylic acids is 1. The van der Waals surface area contributed by atoms with Crippen LogP contribution in [0.4, 0.5) is 0 Å². The lowest BCUT2D eigenvalue weighted by atomic mass is 10.0. The zero-order chi connectivity index (χ0) is 16.1. The lowest BCUT2D eigenvalue weighted by Gasteiger charge is -2.31. The van der Waals surface area contributed by atoms with Gasteiger partial charge >= 0.3 is 5.97 Å². The Labute approximate surface area is 125 Å². The van der Waals surface area contributed by atoms with Gasteiger partial charge in [0.2, 0.25) is 0 Å². The van der Waals surface area contributed by atoms with Gasteiger partial charge in [0.15, 0.2) is 0 Å². The third-order valence-electron chi connectivity index (χ3n) is 3.55. The first kappa shape index (κ1) is 18.3. The van der Waals surface area contributed by atoms with Gasteiger partial charge in [-0.15, -0.1) is 0 Å². The third kappa shape index (κ3) is 5.87. The van der Waals surface area contributed by atoms with E-state index in [-0.39, 0.29) is 13.1 Å². The zero-order valence-corrected chi connectivity index (χ0v) is 13.2. The van der Waals surface area contributed by atoms with E-state index in [0.29, 0.717) is 32.4 Å². The monoisotopic (exact) mass is 324 g/mol. The first-order valence-corrected chi connectivity index (χ1v) is 8.31. The number of hydrogen-bond donors (Lipinski definition) is 3. The molecule has 9 heteroatoms. The molecule has 124 valence electrons. The molecular formula is C12H24N2O6S. The van der Waals surface area contributed by atoms with Crippen LogP contribution in [0.3, 0.4) is 0 Å². The van der Waals surface area contributed by atoms with E-state index in [1.54, 1.807) is 0 Å². The Morgan fingerprint density at radius 2 is 2.19 bits per heavy atom. The standard InChI is InChI=1S/C12H24N2O6S/c1-12(17,5-7-20-2)9-13-21(18,19)14-6-3-4-10(8-14)11(15)16/h10,13,17H,3-9H2,1-2H3,(H,15,16). The van der Waals surface area contributed by atoms with Crippen molar-refractivity contribution in [2.75, 3.05) is 33.4 Å². The molecule has 0 amide bonds. The van der Waals surface area contributed by atoms with E-state index in [0.717, 1.165) is 4.31 Å². The number of hydrogen-bond acceptors (Lipinski definition) is 5. The Hall–Kier alpha value is -0.740. The van der Waals surface area contributed by atoms with Crippen molar-refractivity contribution >= 4 is 16.2 Å². The first-order valence-electron chi connectivity index (χ1n) is 6.87. The van der Waals surface area contributed by atoms with Gasteiger partial charge in [-0.2, -0.15) is 17.4 Å². The fourth-order valence-corrected chi connectivity index (χ4v) is 3.53. The number of ether oxygens (including phenoxy) is 1. The van der Waals surface area contributed by atoms with Crippen LogP contribution in [0.2, 0.25) is 0 Å². The number of carbonyl (C=O) groups is 1. The van der Waals surface area contributed by atoms with Crippen LogP contribution < -0.4 is 4.72 Å². The largest absolute Gasteiger partial charge is 0.481 e. The number of nitrogens with zero attached hydrogens (tertiary/aromatic N) is 1. The lowest BCUT2D eigenvalue weighted by Crippen LogP contribution is -2.50. The van der Waals surface area contributed by atoms with E-state index in [2.05, 4.69) is 4.72 Å². The predicted molar refractivity (Wildman–Crippen MR) is 76.0 cm³/mol. The van der Waals surface area contributed by atoms with Crippen LogP contribution in [-0.2, 0) is 19.7 Å². The van der Waals surface area contributed by atoms with Crippen molar-refractivity contribution in [1.29, 1.82) is 0 Å². The average molecular weight is 324 g/mol. The Kier molecular flexibility index (Phi) is 6.54. The zero-order valence-electron chi connectivity index (χ0n) is 12.4. The van der Waals surface area contributed by atoms with E-state index >= 15 is 0 Å². The summed E-state index contributed by atoms with van der Waals surface area (Å²) in [7, 11) is -2.29. The van der Waals surface area contributed by atoms with Crippen molar-refractivity contribution in [2.45, 2.75) is 31.8 Å².